The van der Waals surface area contributed by atoms with Gasteiger partial charge in [0.25, 0.3) is 0 Å². The minimum atomic E-state index is -1.16. The molecule has 0 heterocycles. The normalized spacial score (nSPS) is 12.1. The second-order valence-electron chi connectivity index (χ2n) is 5.01. The maximum absolute atomic E-state index is 12.1. The Morgan fingerprint density at radius 1 is 0.941 bits per heavy atom. The van der Waals surface area contributed by atoms with Gasteiger partial charge >= 0.3 is 11.9 Å². The van der Waals surface area contributed by atoms with Gasteiger partial charge in [0.2, 0.25) is 0 Å². The first-order valence-corrected chi connectivity index (χ1v) is 6.14. The fourth-order valence-corrected chi connectivity index (χ4v) is 1.56. The van der Waals surface area contributed by atoms with Crippen LogP contribution in [-0.2, 0) is 19.1 Å². The van der Waals surface area contributed by atoms with Crippen molar-refractivity contribution in [1.82, 2.24) is 0 Å². The van der Waals surface area contributed by atoms with Crippen LogP contribution in [0, 0.1) is 5.41 Å². The molecule has 0 aliphatic rings. The molecule has 0 amide bonds. The average molecular weight is 244 g/mol. The van der Waals surface area contributed by atoms with E-state index in [0.717, 1.165) is 0 Å². The van der Waals surface area contributed by atoms with Gasteiger partial charge in [-0.15, -0.1) is 0 Å². The van der Waals surface area contributed by atoms with E-state index in [1.54, 1.807) is 41.5 Å². The predicted molar refractivity (Wildman–Crippen MR) is 65.5 cm³/mol. The highest BCUT2D eigenvalue weighted by atomic mass is 16.6. The molecule has 0 aliphatic carbocycles. The Balaban J connectivity index is 5.06. The summed E-state index contributed by atoms with van der Waals surface area (Å²) >= 11 is 0. The highest BCUT2D eigenvalue weighted by Gasteiger charge is 2.46. The number of carbonyl (C=O) groups excluding carboxylic acids is 2. The van der Waals surface area contributed by atoms with Crippen LogP contribution in [0.1, 0.15) is 54.4 Å². The summed E-state index contributed by atoms with van der Waals surface area (Å²) in [6.07, 6.45) is 0.772. The van der Waals surface area contributed by atoms with E-state index < -0.39 is 23.0 Å². The van der Waals surface area contributed by atoms with Gasteiger partial charge in [0.05, 0.1) is 6.61 Å². The lowest BCUT2D eigenvalue weighted by Gasteiger charge is -2.30. The van der Waals surface area contributed by atoms with Crippen LogP contribution in [0.5, 0.6) is 0 Å². The van der Waals surface area contributed by atoms with Crippen molar-refractivity contribution in [1.29, 1.82) is 0 Å². The minimum Gasteiger partial charge on any atom is -0.465 e. The largest absolute Gasteiger partial charge is 0.465 e. The SMILES string of the molecule is CCOC(=O)C(CC)(CC)C(=O)OC(C)(C)C. The van der Waals surface area contributed by atoms with Crippen LogP contribution in [0.25, 0.3) is 0 Å². The van der Waals surface area contributed by atoms with Crippen LogP contribution in [0.3, 0.4) is 0 Å². The van der Waals surface area contributed by atoms with Crippen molar-refractivity contribution in [3.8, 4) is 0 Å². The lowest BCUT2D eigenvalue weighted by atomic mass is 9.82. The summed E-state index contributed by atoms with van der Waals surface area (Å²) in [7, 11) is 0. The lowest BCUT2D eigenvalue weighted by Crippen LogP contribution is -2.43. The average Bonchev–Trinajstić information content (AvgIpc) is 2.18. The van der Waals surface area contributed by atoms with Crippen LogP contribution >= 0.6 is 0 Å². The summed E-state index contributed by atoms with van der Waals surface area (Å²) in [5.41, 5.74) is -1.76. The molecule has 0 spiro atoms. The van der Waals surface area contributed by atoms with Crippen molar-refractivity contribution in [3.63, 3.8) is 0 Å². The van der Waals surface area contributed by atoms with E-state index in [-0.39, 0.29) is 6.61 Å². The molecule has 17 heavy (non-hydrogen) atoms. The summed E-state index contributed by atoms with van der Waals surface area (Å²) in [4.78, 5) is 24.1. The highest BCUT2D eigenvalue weighted by molar-refractivity contribution is 6.00. The molecule has 0 aliphatic heterocycles. The molecule has 0 saturated carbocycles. The van der Waals surface area contributed by atoms with E-state index in [2.05, 4.69) is 0 Å². The monoisotopic (exact) mass is 244 g/mol. The van der Waals surface area contributed by atoms with Gasteiger partial charge in [0.15, 0.2) is 5.41 Å². The number of rotatable bonds is 5. The van der Waals surface area contributed by atoms with Crippen molar-refractivity contribution in [2.45, 2.75) is 60.0 Å². The predicted octanol–water partition coefficient (Wildman–Crippen LogP) is 2.70. The van der Waals surface area contributed by atoms with Crippen molar-refractivity contribution in [2.24, 2.45) is 5.41 Å². The highest BCUT2D eigenvalue weighted by Crippen LogP contribution is 2.31. The van der Waals surface area contributed by atoms with Crippen molar-refractivity contribution < 1.29 is 19.1 Å². The third kappa shape index (κ3) is 4.02. The Labute approximate surface area is 104 Å². The summed E-state index contributed by atoms with van der Waals surface area (Å²) in [5, 5.41) is 0. The molecule has 0 bridgehead atoms. The minimum absolute atomic E-state index is 0.267. The topological polar surface area (TPSA) is 52.6 Å². The van der Waals surface area contributed by atoms with Gasteiger partial charge in [-0.3, -0.25) is 9.59 Å². The van der Waals surface area contributed by atoms with E-state index >= 15 is 0 Å². The maximum Gasteiger partial charge on any atom is 0.323 e. The molecule has 0 saturated heterocycles. The van der Waals surface area contributed by atoms with Crippen molar-refractivity contribution >= 4 is 11.9 Å². The molecule has 4 nitrogen and oxygen atoms in total. The van der Waals surface area contributed by atoms with Crippen LogP contribution in [-0.4, -0.2) is 24.1 Å². The van der Waals surface area contributed by atoms with Gasteiger partial charge in [-0.25, -0.2) is 0 Å². The third-order valence-corrected chi connectivity index (χ3v) is 2.66. The van der Waals surface area contributed by atoms with Gasteiger partial charge in [-0.2, -0.15) is 0 Å². The summed E-state index contributed by atoms with van der Waals surface area (Å²) < 4.78 is 10.3. The first kappa shape index (κ1) is 15.9. The van der Waals surface area contributed by atoms with E-state index in [9.17, 15) is 9.59 Å². The molecule has 0 rings (SSSR count). The molecule has 0 N–H and O–H groups in total. The molecule has 0 atom stereocenters. The van der Waals surface area contributed by atoms with Crippen LogP contribution < -0.4 is 0 Å². The first-order valence-electron chi connectivity index (χ1n) is 6.14. The number of ether oxygens (including phenoxy) is 2. The number of hydrogen-bond acceptors (Lipinski definition) is 4. The number of carbonyl (C=O) groups is 2. The van der Waals surface area contributed by atoms with E-state index in [1.165, 1.54) is 0 Å². The summed E-state index contributed by atoms with van der Waals surface area (Å²) in [5.74, 6) is -0.979. The molecule has 0 aromatic rings. The quantitative estimate of drug-likeness (QED) is 0.551. The Kier molecular flexibility index (Phi) is 5.66. The zero-order valence-electron chi connectivity index (χ0n) is 11.8. The molecule has 0 unspecified atom stereocenters. The zero-order chi connectivity index (χ0) is 13.7. The molecule has 0 fully saturated rings. The molecule has 0 aromatic carbocycles. The van der Waals surface area contributed by atoms with Crippen molar-refractivity contribution in [3.05, 3.63) is 0 Å². The van der Waals surface area contributed by atoms with Crippen LogP contribution in [0.2, 0.25) is 0 Å². The Morgan fingerprint density at radius 2 is 1.41 bits per heavy atom. The van der Waals surface area contributed by atoms with E-state index in [0.29, 0.717) is 12.8 Å². The van der Waals surface area contributed by atoms with Crippen LogP contribution in [0.15, 0.2) is 0 Å². The number of hydrogen-bond donors (Lipinski definition) is 0. The summed E-state index contributed by atoms with van der Waals surface area (Å²) in [6, 6.07) is 0. The fourth-order valence-electron chi connectivity index (χ4n) is 1.56. The summed E-state index contributed by atoms with van der Waals surface area (Å²) in [6.45, 7) is 10.9. The Hall–Kier alpha value is -1.06. The van der Waals surface area contributed by atoms with Gasteiger partial charge in [0.1, 0.15) is 5.60 Å². The van der Waals surface area contributed by atoms with Gasteiger partial charge in [-0.05, 0) is 40.5 Å². The van der Waals surface area contributed by atoms with Crippen molar-refractivity contribution in [2.75, 3.05) is 6.61 Å². The molecule has 0 aromatic heterocycles. The maximum atomic E-state index is 12.1. The molecular formula is C13H24O4. The van der Waals surface area contributed by atoms with Gasteiger partial charge < -0.3 is 9.47 Å². The molecule has 0 radical (unpaired) electrons. The third-order valence-electron chi connectivity index (χ3n) is 2.66. The first-order chi connectivity index (χ1) is 7.73. The molecule has 100 valence electrons. The van der Waals surface area contributed by atoms with Crippen LogP contribution in [0.4, 0.5) is 0 Å². The second-order valence-corrected chi connectivity index (χ2v) is 5.01. The number of esters is 2. The Bertz CT molecular complexity index is 272. The molecule has 4 heteroatoms. The smallest absolute Gasteiger partial charge is 0.323 e. The lowest BCUT2D eigenvalue weighted by molar-refractivity contribution is -0.180. The fraction of sp³-hybridized carbons (Fsp3) is 0.846. The standard InChI is InChI=1S/C13H24O4/c1-7-13(8-2,10(14)16-9-3)11(15)17-12(4,5)6/h7-9H2,1-6H3. The van der Waals surface area contributed by atoms with Gasteiger partial charge in [0, 0.05) is 0 Å². The Morgan fingerprint density at radius 3 is 1.71 bits per heavy atom. The second kappa shape index (κ2) is 6.03. The van der Waals surface area contributed by atoms with Gasteiger partial charge in [-0.1, -0.05) is 13.8 Å². The van der Waals surface area contributed by atoms with E-state index in [4.69, 9.17) is 9.47 Å². The zero-order valence-corrected chi connectivity index (χ0v) is 11.8. The molecular weight excluding hydrogens is 220 g/mol. The van der Waals surface area contributed by atoms with E-state index in [1.807, 2.05) is 0 Å².